The van der Waals surface area contributed by atoms with E-state index in [-0.39, 0.29) is 17.8 Å². The van der Waals surface area contributed by atoms with Gasteiger partial charge >= 0.3 is 0 Å². The maximum absolute atomic E-state index is 12.7. The summed E-state index contributed by atoms with van der Waals surface area (Å²) in [4.78, 5) is 11.7. The van der Waals surface area contributed by atoms with Gasteiger partial charge in [-0.25, -0.2) is 4.39 Å². The number of amides is 1. The zero-order valence-electron chi connectivity index (χ0n) is 10.8. The van der Waals surface area contributed by atoms with Gasteiger partial charge in [-0.05, 0) is 49.3 Å². The Morgan fingerprint density at radius 3 is 2.75 bits per heavy atom. The van der Waals surface area contributed by atoms with Gasteiger partial charge in [0.1, 0.15) is 5.82 Å². The van der Waals surface area contributed by atoms with Gasteiger partial charge in [0.15, 0.2) is 5.11 Å². The van der Waals surface area contributed by atoms with Gasteiger partial charge in [-0.2, -0.15) is 0 Å². The number of nitrogens with one attached hydrogen (secondary N) is 3. The van der Waals surface area contributed by atoms with Crippen molar-refractivity contribution in [3.63, 3.8) is 0 Å². The number of carbonyl (C=O) groups excluding carboxylic acids is 1. The third-order valence-electron chi connectivity index (χ3n) is 2.91. The van der Waals surface area contributed by atoms with E-state index in [1.165, 1.54) is 24.3 Å². The van der Waals surface area contributed by atoms with Crippen LogP contribution < -0.4 is 16.2 Å². The largest absolute Gasteiger partial charge is 0.376 e. The monoisotopic (exact) mass is 297 g/mol. The van der Waals surface area contributed by atoms with Crippen molar-refractivity contribution in [2.24, 2.45) is 0 Å². The van der Waals surface area contributed by atoms with E-state index in [2.05, 4.69) is 16.2 Å². The van der Waals surface area contributed by atoms with Crippen LogP contribution in [0.4, 0.5) is 4.39 Å². The zero-order chi connectivity index (χ0) is 14.4. The number of thiocarbonyl (C=S) groups is 1. The third kappa shape index (κ3) is 4.43. The van der Waals surface area contributed by atoms with Gasteiger partial charge in [0.2, 0.25) is 0 Å². The number of carbonyl (C=O) groups is 1. The Bertz CT molecular complexity index is 475. The van der Waals surface area contributed by atoms with E-state index >= 15 is 0 Å². The Balaban J connectivity index is 1.69. The summed E-state index contributed by atoms with van der Waals surface area (Å²) in [7, 11) is 0. The lowest BCUT2D eigenvalue weighted by Crippen LogP contribution is -2.48. The van der Waals surface area contributed by atoms with Crippen LogP contribution >= 0.6 is 12.2 Å². The van der Waals surface area contributed by atoms with Crippen LogP contribution in [0, 0.1) is 5.82 Å². The molecule has 1 aliphatic rings. The average molecular weight is 297 g/mol. The number of rotatable bonds is 3. The maximum Gasteiger partial charge on any atom is 0.269 e. The molecule has 1 aromatic carbocycles. The van der Waals surface area contributed by atoms with E-state index in [9.17, 15) is 9.18 Å². The molecule has 1 saturated heterocycles. The van der Waals surface area contributed by atoms with E-state index in [4.69, 9.17) is 17.0 Å². The van der Waals surface area contributed by atoms with Crippen LogP contribution in [0.2, 0.25) is 0 Å². The third-order valence-corrected chi connectivity index (χ3v) is 3.16. The minimum atomic E-state index is -0.386. The lowest BCUT2D eigenvalue weighted by Gasteiger charge is -2.14. The molecule has 1 fully saturated rings. The summed E-state index contributed by atoms with van der Waals surface area (Å²) in [6, 6.07) is 5.25. The van der Waals surface area contributed by atoms with E-state index in [0.717, 1.165) is 19.4 Å². The standard InChI is InChI=1S/C13H16FN3O2S/c14-10-5-3-9(4-6-10)12(18)16-17-13(20)15-8-11-2-1-7-19-11/h3-6,11H,1-2,7-8H2,(H,16,18)(H2,15,17,20). The SMILES string of the molecule is O=C(NNC(=S)NCC1CCCO1)c1ccc(F)cc1. The van der Waals surface area contributed by atoms with Crippen molar-refractivity contribution in [1.82, 2.24) is 16.2 Å². The van der Waals surface area contributed by atoms with Crippen molar-refractivity contribution in [1.29, 1.82) is 0 Å². The minimum absolute atomic E-state index is 0.169. The fourth-order valence-electron chi connectivity index (χ4n) is 1.84. The maximum atomic E-state index is 12.7. The molecule has 1 unspecified atom stereocenters. The number of hydrogen-bond donors (Lipinski definition) is 3. The van der Waals surface area contributed by atoms with E-state index in [0.29, 0.717) is 17.2 Å². The van der Waals surface area contributed by atoms with Crippen LogP contribution in [0.15, 0.2) is 24.3 Å². The average Bonchev–Trinajstić information content (AvgIpc) is 2.96. The Morgan fingerprint density at radius 2 is 2.10 bits per heavy atom. The van der Waals surface area contributed by atoms with Crippen molar-refractivity contribution >= 4 is 23.2 Å². The summed E-state index contributed by atoms with van der Waals surface area (Å²) in [5.74, 6) is -0.769. The molecule has 0 spiro atoms. The topological polar surface area (TPSA) is 62.4 Å². The Hall–Kier alpha value is -1.73. The molecular formula is C13H16FN3O2S. The van der Waals surface area contributed by atoms with Crippen LogP contribution in [0.25, 0.3) is 0 Å². The number of ether oxygens (including phenoxy) is 1. The predicted octanol–water partition coefficient (Wildman–Crippen LogP) is 1.11. The molecule has 5 nitrogen and oxygen atoms in total. The molecule has 2 rings (SSSR count). The van der Waals surface area contributed by atoms with E-state index in [1.807, 2.05) is 0 Å². The van der Waals surface area contributed by atoms with Crippen molar-refractivity contribution in [2.45, 2.75) is 18.9 Å². The molecule has 3 N–H and O–H groups in total. The van der Waals surface area contributed by atoms with Crippen molar-refractivity contribution in [3.8, 4) is 0 Å². The fourth-order valence-corrected chi connectivity index (χ4v) is 1.98. The van der Waals surface area contributed by atoms with Crippen LogP contribution in [0.1, 0.15) is 23.2 Å². The van der Waals surface area contributed by atoms with Crippen molar-refractivity contribution in [2.75, 3.05) is 13.2 Å². The first kappa shape index (κ1) is 14.7. The van der Waals surface area contributed by atoms with Crippen LogP contribution in [-0.2, 0) is 4.74 Å². The van der Waals surface area contributed by atoms with E-state index < -0.39 is 0 Å². The fraction of sp³-hybridized carbons (Fsp3) is 0.385. The number of hydrazine groups is 1. The van der Waals surface area contributed by atoms with Gasteiger partial charge in [0.05, 0.1) is 6.10 Å². The molecule has 0 aromatic heterocycles. The first-order valence-electron chi connectivity index (χ1n) is 6.36. The second kappa shape index (κ2) is 7.16. The van der Waals surface area contributed by atoms with Gasteiger partial charge in [0.25, 0.3) is 5.91 Å². The summed E-state index contributed by atoms with van der Waals surface area (Å²) in [6.45, 7) is 1.39. The van der Waals surface area contributed by atoms with Gasteiger partial charge in [-0.15, -0.1) is 0 Å². The molecule has 7 heteroatoms. The van der Waals surface area contributed by atoms with Gasteiger partial charge in [-0.3, -0.25) is 15.6 Å². The first-order chi connectivity index (χ1) is 9.65. The minimum Gasteiger partial charge on any atom is -0.376 e. The van der Waals surface area contributed by atoms with Crippen LogP contribution in [0.3, 0.4) is 0 Å². The highest BCUT2D eigenvalue weighted by molar-refractivity contribution is 7.80. The van der Waals surface area contributed by atoms with Gasteiger partial charge in [0, 0.05) is 18.7 Å². The lowest BCUT2D eigenvalue weighted by molar-refractivity contribution is 0.0943. The second-order valence-electron chi connectivity index (χ2n) is 4.43. The predicted molar refractivity (Wildman–Crippen MR) is 76.6 cm³/mol. The summed E-state index contributed by atoms with van der Waals surface area (Å²) in [6.07, 6.45) is 2.24. The Labute approximate surface area is 121 Å². The lowest BCUT2D eigenvalue weighted by atomic mass is 10.2. The van der Waals surface area contributed by atoms with Gasteiger partial charge in [-0.1, -0.05) is 0 Å². The van der Waals surface area contributed by atoms with Crippen molar-refractivity contribution < 1.29 is 13.9 Å². The number of benzene rings is 1. The van der Waals surface area contributed by atoms with Crippen molar-refractivity contribution in [3.05, 3.63) is 35.6 Å². The Morgan fingerprint density at radius 1 is 1.35 bits per heavy atom. The summed E-state index contributed by atoms with van der Waals surface area (Å²) in [5.41, 5.74) is 5.38. The molecule has 1 aliphatic heterocycles. The number of halogens is 1. The molecule has 0 aliphatic carbocycles. The molecule has 1 aromatic rings. The molecular weight excluding hydrogens is 281 g/mol. The molecule has 108 valence electrons. The summed E-state index contributed by atoms with van der Waals surface area (Å²) < 4.78 is 18.2. The molecule has 0 saturated carbocycles. The smallest absolute Gasteiger partial charge is 0.269 e. The normalized spacial score (nSPS) is 17.6. The summed E-state index contributed by atoms with van der Waals surface area (Å²) in [5, 5.41) is 3.28. The highest BCUT2D eigenvalue weighted by Crippen LogP contribution is 2.10. The molecule has 1 amide bonds. The van der Waals surface area contributed by atoms with Crippen LogP contribution in [0.5, 0.6) is 0 Å². The molecule has 20 heavy (non-hydrogen) atoms. The number of hydrogen-bond acceptors (Lipinski definition) is 3. The quantitative estimate of drug-likeness (QED) is 0.576. The molecule has 1 heterocycles. The highest BCUT2D eigenvalue weighted by Gasteiger charge is 2.15. The molecule has 0 radical (unpaired) electrons. The summed E-state index contributed by atoms with van der Waals surface area (Å²) >= 11 is 5.03. The second-order valence-corrected chi connectivity index (χ2v) is 4.84. The molecule has 0 bridgehead atoms. The first-order valence-corrected chi connectivity index (χ1v) is 6.77. The zero-order valence-corrected chi connectivity index (χ0v) is 11.6. The highest BCUT2D eigenvalue weighted by atomic mass is 32.1. The Kier molecular flexibility index (Phi) is 5.25. The van der Waals surface area contributed by atoms with E-state index in [1.54, 1.807) is 0 Å². The molecule has 1 atom stereocenters. The van der Waals surface area contributed by atoms with Crippen LogP contribution in [-0.4, -0.2) is 30.3 Å². The van der Waals surface area contributed by atoms with Gasteiger partial charge < -0.3 is 10.1 Å².